The summed E-state index contributed by atoms with van der Waals surface area (Å²) >= 11 is 0. The Morgan fingerprint density at radius 3 is 2.22 bits per heavy atom. The molecular formula is C18H20N2O3. The molecule has 2 rings (SSSR count). The van der Waals surface area contributed by atoms with E-state index in [1.165, 1.54) is 7.11 Å². The van der Waals surface area contributed by atoms with E-state index in [1.807, 2.05) is 36.4 Å². The van der Waals surface area contributed by atoms with Crippen molar-refractivity contribution in [2.45, 2.75) is 12.5 Å². The second kappa shape index (κ2) is 8.58. The molecule has 0 aromatic heterocycles. The number of rotatable bonds is 6. The SMILES string of the molecule is COC(=O)C(NC(=O)NCCc1ccccc1)c1ccccc1. The minimum atomic E-state index is -0.821. The average Bonchev–Trinajstić information content (AvgIpc) is 2.60. The van der Waals surface area contributed by atoms with Crippen molar-refractivity contribution in [2.24, 2.45) is 0 Å². The Labute approximate surface area is 135 Å². The van der Waals surface area contributed by atoms with Gasteiger partial charge in [-0.25, -0.2) is 9.59 Å². The number of amides is 2. The van der Waals surface area contributed by atoms with Crippen molar-refractivity contribution < 1.29 is 14.3 Å². The number of urea groups is 1. The number of benzene rings is 2. The first kappa shape index (κ1) is 16.5. The highest BCUT2D eigenvalue weighted by molar-refractivity contribution is 5.84. The van der Waals surface area contributed by atoms with Crippen LogP contribution in [0.2, 0.25) is 0 Å². The van der Waals surface area contributed by atoms with E-state index in [1.54, 1.807) is 24.3 Å². The zero-order valence-electron chi connectivity index (χ0n) is 13.0. The van der Waals surface area contributed by atoms with Gasteiger partial charge >= 0.3 is 12.0 Å². The van der Waals surface area contributed by atoms with Crippen LogP contribution in [0.25, 0.3) is 0 Å². The topological polar surface area (TPSA) is 67.4 Å². The van der Waals surface area contributed by atoms with E-state index < -0.39 is 18.0 Å². The smallest absolute Gasteiger partial charge is 0.333 e. The van der Waals surface area contributed by atoms with Gasteiger partial charge in [0.1, 0.15) is 0 Å². The van der Waals surface area contributed by atoms with Gasteiger partial charge in [0.25, 0.3) is 0 Å². The van der Waals surface area contributed by atoms with Crippen LogP contribution in [-0.2, 0) is 16.0 Å². The first-order valence-corrected chi connectivity index (χ1v) is 7.42. The van der Waals surface area contributed by atoms with Crippen LogP contribution in [-0.4, -0.2) is 25.7 Å². The lowest BCUT2D eigenvalue weighted by molar-refractivity contribution is -0.143. The van der Waals surface area contributed by atoms with E-state index in [9.17, 15) is 9.59 Å². The van der Waals surface area contributed by atoms with Gasteiger partial charge < -0.3 is 15.4 Å². The highest BCUT2D eigenvalue weighted by Crippen LogP contribution is 2.13. The molecule has 0 radical (unpaired) electrons. The lowest BCUT2D eigenvalue weighted by Crippen LogP contribution is -2.41. The second-order valence-electron chi connectivity index (χ2n) is 5.00. The number of nitrogens with one attached hydrogen (secondary N) is 2. The van der Waals surface area contributed by atoms with Crippen LogP contribution < -0.4 is 10.6 Å². The van der Waals surface area contributed by atoms with E-state index in [-0.39, 0.29) is 0 Å². The number of hydrogen-bond donors (Lipinski definition) is 2. The van der Waals surface area contributed by atoms with Gasteiger partial charge in [-0.1, -0.05) is 60.7 Å². The summed E-state index contributed by atoms with van der Waals surface area (Å²) in [6, 6.07) is 17.6. The molecule has 2 N–H and O–H groups in total. The normalized spacial score (nSPS) is 11.3. The zero-order chi connectivity index (χ0) is 16.5. The molecule has 2 aromatic rings. The van der Waals surface area contributed by atoms with Crippen molar-refractivity contribution in [3.8, 4) is 0 Å². The van der Waals surface area contributed by atoms with Crippen LogP contribution >= 0.6 is 0 Å². The second-order valence-corrected chi connectivity index (χ2v) is 5.00. The highest BCUT2D eigenvalue weighted by atomic mass is 16.5. The molecule has 0 spiro atoms. The maximum absolute atomic E-state index is 12.0. The number of carbonyl (C=O) groups is 2. The molecule has 0 aliphatic heterocycles. The van der Waals surface area contributed by atoms with Crippen molar-refractivity contribution in [2.75, 3.05) is 13.7 Å². The van der Waals surface area contributed by atoms with Crippen molar-refractivity contribution in [3.63, 3.8) is 0 Å². The first-order valence-electron chi connectivity index (χ1n) is 7.42. The molecule has 0 bridgehead atoms. The summed E-state index contributed by atoms with van der Waals surface area (Å²) < 4.78 is 4.76. The van der Waals surface area contributed by atoms with E-state index in [2.05, 4.69) is 10.6 Å². The molecule has 120 valence electrons. The Morgan fingerprint density at radius 1 is 1.00 bits per heavy atom. The molecule has 2 aromatic carbocycles. The third-order valence-electron chi connectivity index (χ3n) is 3.39. The van der Waals surface area contributed by atoms with Gasteiger partial charge in [-0.05, 0) is 17.5 Å². The number of esters is 1. The maximum Gasteiger partial charge on any atom is 0.333 e. The Balaban J connectivity index is 1.89. The van der Waals surface area contributed by atoms with Gasteiger partial charge in [-0.3, -0.25) is 0 Å². The summed E-state index contributed by atoms with van der Waals surface area (Å²) in [6.07, 6.45) is 0.725. The average molecular weight is 312 g/mol. The Morgan fingerprint density at radius 2 is 1.61 bits per heavy atom. The van der Waals surface area contributed by atoms with E-state index in [4.69, 9.17) is 4.74 Å². The first-order chi connectivity index (χ1) is 11.2. The summed E-state index contributed by atoms with van der Waals surface area (Å²) in [7, 11) is 1.30. The molecular weight excluding hydrogens is 292 g/mol. The van der Waals surface area contributed by atoms with Crippen molar-refractivity contribution in [3.05, 3.63) is 71.8 Å². The molecule has 1 atom stereocenters. The summed E-state index contributed by atoms with van der Waals surface area (Å²) in [6.45, 7) is 0.485. The number of methoxy groups -OCH3 is 1. The van der Waals surface area contributed by atoms with Crippen LogP contribution in [0.5, 0.6) is 0 Å². The predicted octanol–water partition coefficient (Wildman–Crippen LogP) is 2.44. The molecule has 5 heteroatoms. The van der Waals surface area contributed by atoms with Crippen molar-refractivity contribution >= 4 is 12.0 Å². The quantitative estimate of drug-likeness (QED) is 0.805. The Kier molecular flexibility index (Phi) is 6.17. The van der Waals surface area contributed by atoms with Crippen molar-refractivity contribution in [1.82, 2.24) is 10.6 Å². The minimum Gasteiger partial charge on any atom is -0.467 e. The van der Waals surface area contributed by atoms with Gasteiger partial charge in [0, 0.05) is 6.54 Å². The van der Waals surface area contributed by atoms with E-state index >= 15 is 0 Å². The van der Waals surface area contributed by atoms with Crippen LogP contribution in [0.3, 0.4) is 0 Å². The molecule has 0 saturated heterocycles. The molecule has 0 saturated carbocycles. The maximum atomic E-state index is 12.0. The van der Waals surface area contributed by atoms with Gasteiger partial charge in [-0.2, -0.15) is 0 Å². The van der Waals surface area contributed by atoms with Gasteiger partial charge in [0.15, 0.2) is 6.04 Å². The lowest BCUT2D eigenvalue weighted by Gasteiger charge is -2.17. The third kappa shape index (κ3) is 5.14. The van der Waals surface area contributed by atoms with Gasteiger partial charge in [0.05, 0.1) is 7.11 Å². The lowest BCUT2D eigenvalue weighted by atomic mass is 10.1. The summed E-state index contributed by atoms with van der Waals surface area (Å²) in [4.78, 5) is 23.9. The van der Waals surface area contributed by atoms with Gasteiger partial charge in [0.2, 0.25) is 0 Å². The fourth-order valence-electron chi connectivity index (χ4n) is 2.19. The summed E-state index contributed by atoms with van der Waals surface area (Å²) in [5.74, 6) is -0.505. The largest absolute Gasteiger partial charge is 0.467 e. The molecule has 0 aliphatic carbocycles. The monoisotopic (exact) mass is 312 g/mol. The number of ether oxygens (including phenoxy) is 1. The highest BCUT2D eigenvalue weighted by Gasteiger charge is 2.23. The zero-order valence-corrected chi connectivity index (χ0v) is 13.0. The molecule has 0 aliphatic rings. The molecule has 5 nitrogen and oxygen atoms in total. The minimum absolute atomic E-state index is 0.403. The fraction of sp³-hybridized carbons (Fsp3) is 0.222. The van der Waals surface area contributed by atoms with E-state index in [0.29, 0.717) is 12.1 Å². The summed E-state index contributed by atoms with van der Waals surface area (Å²) in [5.41, 5.74) is 1.82. The third-order valence-corrected chi connectivity index (χ3v) is 3.39. The van der Waals surface area contributed by atoms with Crippen molar-refractivity contribution in [1.29, 1.82) is 0 Å². The molecule has 23 heavy (non-hydrogen) atoms. The van der Waals surface area contributed by atoms with E-state index in [0.717, 1.165) is 12.0 Å². The molecule has 0 heterocycles. The molecule has 1 unspecified atom stereocenters. The van der Waals surface area contributed by atoms with Crippen LogP contribution in [0.15, 0.2) is 60.7 Å². The van der Waals surface area contributed by atoms with Crippen LogP contribution in [0.1, 0.15) is 17.2 Å². The van der Waals surface area contributed by atoms with Gasteiger partial charge in [-0.15, -0.1) is 0 Å². The Bertz CT molecular complexity index is 629. The van der Waals surface area contributed by atoms with Crippen LogP contribution in [0, 0.1) is 0 Å². The Hall–Kier alpha value is -2.82. The number of hydrogen-bond acceptors (Lipinski definition) is 3. The van der Waals surface area contributed by atoms with Crippen LogP contribution in [0.4, 0.5) is 4.79 Å². The predicted molar refractivity (Wildman–Crippen MR) is 87.9 cm³/mol. The summed E-state index contributed by atoms with van der Waals surface area (Å²) in [5, 5.41) is 5.40. The standard InChI is InChI=1S/C18H20N2O3/c1-23-17(21)16(15-10-6-3-7-11-15)20-18(22)19-13-12-14-8-4-2-5-9-14/h2-11,16H,12-13H2,1H3,(H2,19,20,22). The molecule has 0 fully saturated rings. The number of carbonyl (C=O) groups excluding carboxylic acids is 2. The fourth-order valence-corrected chi connectivity index (χ4v) is 2.19. The molecule has 2 amide bonds.